The molecule has 0 heterocycles. The van der Waals surface area contributed by atoms with Gasteiger partial charge in [0.15, 0.2) is 0 Å². The molecular formula is C33H43N3O4S. The van der Waals surface area contributed by atoms with Crippen molar-refractivity contribution in [3.63, 3.8) is 0 Å². The van der Waals surface area contributed by atoms with Gasteiger partial charge in [-0.1, -0.05) is 107 Å². The Labute approximate surface area is 245 Å². The van der Waals surface area contributed by atoms with Crippen LogP contribution in [0.4, 0.5) is 5.69 Å². The standard InChI is InChI=1S/C33H43N3O4S/c1-6-7-22-34-32(38)30(23-26-14-10-8-11-15-26)35(24-27-16-12-9-13-17-27)31(37)25-36(41(5,39)40)29-20-18-28(19-21-29)33(2,3)4/h8-21,30H,6-7,22-25H2,1-5H3,(H,34,38)/t30-/m0/s1. The third-order valence-electron chi connectivity index (χ3n) is 7.00. The number of rotatable bonds is 13. The Balaban J connectivity index is 2.01. The number of anilines is 1. The molecule has 41 heavy (non-hydrogen) atoms. The fraction of sp³-hybridized carbons (Fsp3) is 0.394. The van der Waals surface area contributed by atoms with Crippen molar-refractivity contribution in [3.8, 4) is 0 Å². The van der Waals surface area contributed by atoms with Crippen LogP contribution in [0.15, 0.2) is 84.9 Å². The number of sulfonamides is 1. The first kappa shape index (κ1) is 31.9. The van der Waals surface area contributed by atoms with Crippen molar-refractivity contribution < 1.29 is 18.0 Å². The third-order valence-corrected chi connectivity index (χ3v) is 8.14. The predicted octanol–water partition coefficient (Wildman–Crippen LogP) is 5.31. The molecule has 3 aromatic rings. The van der Waals surface area contributed by atoms with E-state index in [4.69, 9.17) is 0 Å². The van der Waals surface area contributed by atoms with Crippen LogP contribution in [0.2, 0.25) is 0 Å². The smallest absolute Gasteiger partial charge is 0.244 e. The second-order valence-corrected chi connectivity index (χ2v) is 13.3. The van der Waals surface area contributed by atoms with E-state index in [0.717, 1.165) is 40.1 Å². The Morgan fingerprint density at radius 1 is 0.854 bits per heavy atom. The normalized spacial score (nSPS) is 12.4. The van der Waals surface area contributed by atoms with Gasteiger partial charge in [0, 0.05) is 19.5 Å². The maximum absolute atomic E-state index is 14.1. The molecule has 1 atom stereocenters. The zero-order valence-corrected chi connectivity index (χ0v) is 25.7. The van der Waals surface area contributed by atoms with Gasteiger partial charge in [0.25, 0.3) is 0 Å². The number of hydrogen-bond acceptors (Lipinski definition) is 4. The van der Waals surface area contributed by atoms with Crippen molar-refractivity contribution in [1.29, 1.82) is 0 Å². The number of carbonyl (C=O) groups excluding carboxylic acids is 2. The highest BCUT2D eigenvalue weighted by Crippen LogP contribution is 2.26. The maximum Gasteiger partial charge on any atom is 0.244 e. The minimum Gasteiger partial charge on any atom is -0.354 e. The van der Waals surface area contributed by atoms with E-state index in [0.29, 0.717) is 18.7 Å². The van der Waals surface area contributed by atoms with Gasteiger partial charge in [-0.25, -0.2) is 8.42 Å². The van der Waals surface area contributed by atoms with Gasteiger partial charge >= 0.3 is 0 Å². The molecule has 1 N–H and O–H groups in total. The molecule has 7 nitrogen and oxygen atoms in total. The summed E-state index contributed by atoms with van der Waals surface area (Å²) in [6.07, 6.45) is 3.14. The highest BCUT2D eigenvalue weighted by atomic mass is 32.2. The van der Waals surface area contributed by atoms with Gasteiger partial charge in [0.1, 0.15) is 12.6 Å². The van der Waals surface area contributed by atoms with Gasteiger partial charge in [0.05, 0.1) is 11.9 Å². The van der Waals surface area contributed by atoms with E-state index in [2.05, 4.69) is 26.1 Å². The molecule has 3 rings (SSSR count). The average Bonchev–Trinajstić information content (AvgIpc) is 2.93. The molecule has 0 radical (unpaired) electrons. The average molecular weight is 578 g/mol. The molecule has 0 saturated heterocycles. The summed E-state index contributed by atoms with van der Waals surface area (Å²) in [5.74, 6) is -0.710. The van der Waals surface area contributed by atoms with Crippen molar-refractivity contribution in [3.05, 3.63) is 102 Å². The fourth-order valence-electron chi connectivity index (χ4n) is 4.58. The van der Waals surface area contributed by atoms with Gasteiger partial charge < -0.3 is 10.2 Å². The molecule has 0 fully saturated rings. The van der Waals surface area contributed by atoms with Gasteiger partial charge in [-0.3, -0.25) is 13.9 Å². The van der Waals surface area contributed by atoms with Crippen LogP contribution in [0.25, 0.3) is 0 Å². The summed E-state index contributed by atoms with van der Waals surface area (Å²) in [6.45, 7) is 8.54. The summed E-state index contributed by atoms with van der Waals surface area (Å²) in [6, 6.07) is 25.4. The van der Waals surface area contributed by atoms with Crippen molar-refractivity contribution in [2.24, 2.45) is 0 Å². The number of carbonyl (C=O) groups is 2. The molecule has 2 amide bonds. The van der Waals surface area contributed by atoms with Gasteiger partial charge in [-0.2, -0.15) is 0 Å². The van der Waals surface area contributed by atoms with Crippen molar-refractivity contribution in [2.75, 3.05) is 23.7 Å². The molecule has 0 aromatic heterocycles. The summed E-state index contributed by atoms with van der Waals surface area (Å²) >= 11 is 0. The summed E-state index contributed by atoms with van der Waals surface area (Å²) in [5, 5.41) is 3.00. The van der Waals surface area contributed by atoms with Gasteiger partial charge in [-0.05, 0) is 40.7 Å². The van der Waals surface area contributed by atoms with E-state index < -0.39 is 28.5 Å². The van der Waals surface area contributed by atoms with Crippen molar-refractivity contribution >= 4 is 27.5 Å². The van der Waals surface area contributed by atoms with Crippen LogP contribution in [-0.4, -0.2) is 50.5 Å². The van der Waals surface area contributed by atoms with E-state index in [1.54, 1.807) is 12.1 Å². The predicted molar refractivity (Wildman–Crippen MR) is 166 cm³/mol. The second-order valence-electron chi connectivity index (χ2n) is 11.4. The molecule has 0 aliphatic carbocycles. The molecule has 0 saturated carbocycles. The number of benzene rings is 3. The number of hydrogen-bond donors (Lipinski definition) is 1. The summed E-state index contributed by atoms with van der Waals surface area (Å²) < 4.78 is 27.1. The first-order chi connectivity index (χ1) is 19.4. The maximum atomic E-state index is 14.1. The minimum absolute atomic E-state index is 0.105. The molecule has 220 valence electrons. The van der Waals surface area contributed by atoms with Crippen molar-refractivity contribution in [2.45, 2.75) is 65.0 Å². The summed E-state index contributed by atoms with van der Waals surface area (Å²) in [4.78, 5) is 29.2. The number of nitrogens with one attached hydrogen (secondary N) is 1. The highest BCUT2D eigenvalue weighted by Gasteiger charge is 2.33. The van der Waals surface area contributed by atoms with Crippen LogP contribution >= 0.6 is 0 Å². The molecule has 0 spiro atoms. The van der Waals surface area contributed by atoms with E-state index in [9.17, 15) is 18.0 Å². The second kappa shape index (κ2) is 14.3. The Hall–Kier alpha value is -3.65. The number of unbranched alkanes of at least 4 members (excludes halogenated alkanes) is 1. The van der Waals surface area contributed by atoms with Crippen LogP contribution in [0.1, 0.15) is 57.2 Å². The Bertz CT molecular complexity index is 1370. The Kier molecular flexibility index (Phi) is 11.1. The number of amides is 2. The lowest BCUT2D eigenvalue weighted by Crippen LogP contribution is -2.53. The lowest BCUT2D eigenvalue weighted by Gasteiger charge is -2.33. The zero-order valence-electron chi connectivity index (χ0n) is 24.8. The van der Waals surface area contributed by atoms with Crippen LogP contribution in [0.5, 0.6) is 0 Å². The zero-order chi connectivity index (χ0) is 30.0. The summed E-state index contributed by atoms with van der Waals surface area (Å²) in [5.41, 5.74) is 3.11. The Morgan fingerprint density at radius 2 is 1.41 bits per heavy atom. The summed E-state index contributed by atoms with van der Waals surface area (Å²) in [7, 11) is -3.80. The van der Waals surface area contributed by atoms with Crippen LogP contribution in [-0.2, 0) is 38.0 Å². The fourth-order valence-corrected chi connectivity index (χ4v) is 5.43. The highest BCUT2D eigenvalue weighted by molar-refractivity contribution is 7.92. The largest absolute Gasteiger partial charge is 0.354 e. The SMILES string of the molecule is CCCCNC(=O)[C@H](Cc1ccccc1)N(Cc1ccccc1)C(=O)CN(c1ccc(C(C)(C)C)cc1)S(C)(=O)=O. The first-order valence-corrected chi connectivity index (χ1v) is 16.0. The lowest BCUT2D eigenvalue weighted by molar-refractivity contribution is -0.140. The van der Waals surface area contributed by atoms with Crippen LogP contribution in [0, 0.1) is 0 Å². The topological polar surface area (TPSA) is 86.8 Å². The van der Waals surface area contributed by atoms with Gasteiger partial charge in [0.2, 0.25) is 21.8 Å². The number of nitrogens with zero attached hydrogens (tertiary/aromatic N) is 2. The molecule has 8 heteroatoms. The molecule has 0 aliphatic heterocycles. The minimum atomic E-state index is -3.80. The first-order valence-electron chi connectivity index (χ1n) is 14.1. The molecular weight excluding hydrogens is 534 g/mol. The Morgan fingerprint density at radius 3 is 1.93 bits per heavy atom. The van der Waals surface area contributed by atoms with E-state index in [-0.39, 0.29) is 17.9 Å². The quantitative estimate of drug-likeness (QED) is 0.279. The molecule has 0 aliphatic rings. The van der Waals surface area contributed by atoms with Crippen LogP contribution < -0.4 is 9.62 Å². The van der Waals surface area contributed by atoms with E-state index in [1.165, 1.54) is 4.90 Å². The molecule has 3 aromatic carbocycles. The van der Waals surface area contributed by atoms with Crippen LogP contribution in [0.3, 0.4) is 0 Å². The third kappa shape index (κ3) is 9.46. The van der Waals surface area contributed by atoms with E-state index in [1.807, 2.05) is 79.7 Å². The molecule has 0 bridgehead atoms. The van der Waals surface area contributed by atoms with Crippen molar-refractivity contribution in [1.82, 2.24) is 10.2 Å². The monoisotopic (exact) mass is 577 g/mol. The van der Waals surface area contributed by atoms with Gasteiger partial charge in [-0.15, -0.1) is 0 Å². The molecule has 0 unspecified atom stereocenters. The lowest BCUT2D eigenvalue weighted by atomic mass is 9.87. The van der Waals surface area contributed by atoms with E-state index >= 15 is 0 Å².